The molecule has 2 unspecified atom stereocenters. The number of aromatic nitrogens is 1. The van der Waals surface area contributed by atoms with Gasteiger partial charge in [-0.2, -0.15) is 0 Å². The third-order valence-electron chi connectivity index (χ3n) is 4.69. The number of pyridine rings is 1. The fraction of sp³-hybridized carbons (Fsp3) is 0.400. The maximum Gasteiger partial charge on any atom is 0.320 e. The first-order valence-electron chi connectivity index (χ1n) is 8.84. The number of carboxylic acids is 1. The molecule has 5 nitrogen and oxygen atoms in total. The van der Waals surface area contributed by atoms with Crippen molar-refractivity contribution in [2.45, 2.75) is 38.8 Å². The first-order chi connectivity index (χ1) is 12.5. The number of hydrogen-bond donors (Lipinski definition) is 1. The van der Waals surface area contributed by atoms with Crippen LogP contribution in [0, 0.1) is 6.92 Å². The summed E-state index contributed by atoms with van der Waals surface area (Å²) in [5, 5.41) is 10.3. The molecule has 0 spiro atoms. The second-order valence-electron chi connectivity index (χ2n) is 6.51. The Labute approximate surface area is 158 Å². The van der Waals surface area contributed by atoms with Crippen LogP contribution in [0.4, 0.5) is 0 Å². The van der Waals surface area contributed by atoms with E-state index in [1.807, 2.05) is 43.0 Å². The minimum Gasteiger partial charge on any atom is -0.494 e. The Hall–Kier alpha value is -2.11. The summed E-state index contributed by atoms with van der Waals surface area (Å²) in [6, 6.07) is 8.56. The second-order valence-corrected chi connectivity index (χ2v) is 6.95. The van der Waals surface area contributed by atoms with E-state index in [2.05, 4.69) is 4.98 Å². The molecule has 138 valence electrons. The highest BCUT2D eigenvalue weighted by molar-refractivity contribution is 6.30. The van der Waals surface area contributed by atoms with Crippen molar-refractivity contribution >= 4 is 17.6 Å². The van der Waals surface area contributed by atoms with Gasteiger partial charge >= 0.3 is 5.97 Å². The number of aryl methyl sites for hydroxylation is 1. The molecule has 3 rings (SSSR count). The smallest absolute Gasteiger partial charge is 0.320 e. The molecule has 1 fully saturated rings. The lowest BCUT2D eigenvalue weighted by Gasteiger charge is -2.32. The Bertz CT molecular complexity index is 779. The van der Waals surface area contributed by atoms with Crippen LogP contribution >= 0.6 is 11.6 Å². The minimum absolute atomic E-state index is 0.320. The summed E-state index contributed by atoms with van der Waals surface area (Å²) in [6.07, 6.45) is 3.27. The number of carboxylic acid groups (broad SMARTS) is 1. The van der Waals surface area contributed by atoms with Crippen molar-refractivity contribution in [1.82, 2.24) is 9.88 Å². The van der Waals surface area contributed by atoms with Crippen molar-refractivity contribution < 1.29 is 14.6 Å². The first kappa shape index (κ1) is 18.7. The Balaban J connectivity index is 2.13. The van der Waals surface area contributed by atoms with Gasteiger partial charge in [-0.05, 0) is 56.5 Å². The molecule has 1 saturated heterocycles. The number of rotatable bonds is 6. The number of halogens is 1. The summed E-state index contributed by atoms with van der Waals surface area (Å²) in [7, 11) is 0. The van der Waals surface area contributed by atoms with Crippen molar-refractivity contribution in [3.8, 4) is 5.75 Å². The molecule has 1 N–H and O–H groups in total. The zero-order valence-electron chi connectivity index (χ0n) is 15.0. The average molecular weight is 375 g/mol. The zero-order chi connectivity index (χ0) is 18.7. The Morgan fingerprint density at radius 2 is 2.23 bits per heavy atom. The molecule has 6 heteroatoms. The van der Waals surface area contributed by atoms with Crippen LogP contribution < -0.4 is 4.74 Å². The Kier molecular flexibility index (Phi) is 5.79. The molecule has 0 amide bonds. The molecule has 0 bridgehead atoms. The standard InChI is InChI=1S/C20H23ClN2O3/c1-3-26-18-9-7-14(21)11-15(18)19(16-8-6-13(2)12-22-16)23-10-4-5-17(23)20(24)25/h6-9,11-12,17,19H,3-5,10H2,1-2H3,(H,24,25). The van der Waals surface area contributed by atoms with Crippen molar-refractivity contribution in [1.29, 1.82) is 0 Å². The molecule has 2 heterocycles. The molecule has 1 aliphatic rings. The van der Waals surface area contributed by atoms with Crippen LogP contribution in [0.1, 0.15) is 42.6 Å². The zero-order valence-corrected chi connectivity index (χ0v) is 15.7. The molecule has 1 aliphatic heterocycles. The van der Waals surface area contributed by atoms with E-state index < -0.39 is 12.0 Å². The third kappa shape index (κ3) is 3.84. The van der Waals surface area contributed by atoms with E-state index in [-0.39, 0.29) is 6.04 Å². The monoisotopic (exact) mass is 374 g/mol. The lowest BCUT2D eigenvalue weighted by molar-refractivity contribution is -0.142. The van der Waals surface area contributed by atoms with E-state index in [9.17, 15) is 9.90 Å². The molecule has 2 atom stereocenters. The van der Waals surface area contributed by atoms with Gasteiger partial charge in [0.05, 0.1) is 18.3 Å². The van der Waals surface area contributed by atoms with E-state index in [0.29, 0.717) is 30.3 Å². The van der Waals surface area contributed by atoms with Crippen molar-refractivity contribution in [3.63, 3.8) is 0 Å². The van der Waals surface area contributed by atoms with Gasteiger partial charge in [-0.15, -0.1) is 0 Å². The predicted molar refractivity (Wildman–Crippen MR) is 101 cm³/mol. The number of hydrogen-bond acceptors (Lipinski definition) is 4. The number of aliphatic carboxylic acids is 1. The van der Waals surface area contributed by atoms with Crippen molar-refractivity contribution in [2.24, 2.45) is 0 Å². The van der Waals surface area contributed by atoms with Gasteiger partial charge in [-0.1, -0.05) is 17.7 Å². The molecule has 0 radical (unpaired) electrons. The predicted octanol–water partition coefficient (Wildman–Crippen LogP) is 4.08. The number of nitrogens with zero attached hydrogens (tertiary/aromatic N) is 2. The first-order valence-corrected chi connectivity index (χ1v) is 9.22. The molecule has 26 heavy (non-hydrogen) atoms. The van der Waals surface area contributed by atoms with Crippen LogP contribution in [0.5, 0.6) is 5.75 Å². The van der Waals surface area contributed by atoms with Crippen LogP contribution in [0.15, 0.2) is 36.5 Å². The maximum absolute atomic E-state index is 11.8. The SMILES string of the molecule is CCOc1ccc(Cl)cc1C(c1ccc(C)cn1)N1CCCC1C(=O)O. The molecule has 2 aromatic rings. The van der Waals surface area contributed by atoms with Gasteiger partial charge in [0.25, 0.3) is 0 Å². The maximum atomic E-state index is 11.8. The van der Waals surface area contributed by atoms with Gasteiger partial charge in [0.1, 0.15) is 11.8 Å². The molecule has 1 aromatic heterocycles. The van der Waals surface area contributed by atoms with Gasteiger partial charge in [0.15, 0.2) is 0 Å². The van der Waals surface area contributed by atoms with Crippen LogP contribution in [0.2, 0.25) is 5.02 Å². The summed E-state index contributed by atoms with van der Waals surface area (Å²) in [6.45, 7) is 5.11. The normalized spacial score (nSPS) is 18.7. The van der Waals surface area contributed by atoms with E-state index in [1.54, 1.807) is 12.3 Å². The Morgan fingerprint density at radius 3 is 2.88 bits per heavy atom. The highest BCUT2D eigenvalue weighted by atomic mass is 35.5. The van der Waals surface area contributed by atoms with Gasteiger partial charge < -0.3 is 9.84 Å². The lowest BCUT2D eigenvalue weighted by Crippen LogP contribution is -2.39. The highest BCUT2D eigenvalue weighted by Gasteiger charge is 2.38. The van der Waals surface area contributed by atoms with Gasteiger partial charge in [-0.3, -0.25) is 14.7 Å². The van der Waals surface area contributed by atoms with Gasteiger partial charge in [0, 0.05) is 23.3 Å². The Morgan fingerprint density at radius 1 is 1.42 bits per heavy atom. The second kappa shape index (κ2) is 8.06. The van der Waals surface area contributed by atoms with Crippen LogP contribution in [-0.4, -0.2) is 40.2 Å². The third-order valence-corrected chi connectivity index (χ3v) is 4.93. The molecular formula is C20H23ClN2O3. The van der Waals surface area contributed by atoms with E-state index >= 15 is 0 Å². The molecule has 1 aromatic carbocycles. The summed E-state index contributed by atoms with van der Waals surface area (Å²) in [5.41, 5.74) is 2.70. The topological polar surface area (TPSA) is 62.7 Å². The van der Waals surface area contributed by atoms with Crippen molar-refractivity contribution in [3.05, 3.63) is 58.4 Å². The fourth-order valence-corrected chi connectivity index (χ4v) is 3.71. The van der Waals surface area contributed by atoms with Crippen LogP contribution in [0.25, 0.3) is 0 Å². The van der Waals surface area contributed by atoms with Gasteiger partial charge in [-0.25, -0.2) is 0 Å². The molecule has 0 aliphatic carbocycles. The lowest BCUT2D eigenvalue weighted by atomic mass is 9.98. The van der Waals surface area contributed by atoms with E-state index in [1.165, 1.54) is 0 Å². The number of ether oxygens (including phenoxy) is 1. The number of likely N-dealkylation sites (tertiary alicyclic amines) is 1. The summed E-state index contributed by atoms with van der Waals surface area (Å²) >= 11 is 6.27. The number of benzene rings is 1. The summed E-state index contributed by atoms with van der Waals surface area (Å²) < 4.78 is 5.81. The van der Waals surface area contributed by atoms with Crippen LogP contribution in [-0.2, 0) is 4.79 Å². The average Bonchev–Trinajstić information content (AvgIpc) is 3.09. The van der Waals surface area contributed by atoms with E-state index in [0.717, 1.165) is 23.2 Å². The van der Waals surface area contributed by atoms with Crippen LogP contribution in [0.3, 0.4) is 0 Å². The number of carbonyl (C=O) groups is 1. The minimum atomic E-state index is -0.806. The highest BCUT2D eigenvalue weighted by Crippen LogP contribution is 2.39. The van der Waals surface area contributed by atoms with Crippen molar-refractivity contribution in [2.75, 3.05) is 13.2 Å². The van der Waals surface area contributed by atoms with Gasteiger partial charge in [0.2, 0.25) is 0 Å². The largest absolute Gasteiger partial charge is 0.494 e. The summed E-state index contributed by atoms with van der Waals surface area (Å²) in [4.78, 5) is 18.4. The molecular weight excluding hydrogens is 352 g/mol. The molecule has 0 saturated carbocycles. The fourth-order valence-electron chi connectivity index (χ4n) is 3.53. The quantitative estimate of drug-likeness (QED) is 0.825. The van der Waals surface area contributed by atoms with E-state index in [4.69, 9.17) is 16.3 Å². The summed E-state index contributed by atoms with van der Waals surface area (Å²) in [5.74, 6) is -0.0973.